The number of benzene rings is 3. The molecule has 0 radical (unpaired) electrons. The fourth-order valence-corrected chi connectivity index (χ4v) is 4.93. The third-order valence-corrected chi connectivity index (χ3v) is 5.99. The number of rotatable bonds is 1. The zero-order chi connectivity index (χ0) is 17.1. The van der Waals surface area contributed by atoms with Gasteiger partial charge in [-0.25, -0.2) is 15.0 Å². The zero-order valence-electron chi connectivity index (χ0n) is 13.6. The van der Waals surface area contributed by atoms with E-state index in [0.29, 0.717) is 5.95 Å². The first-order valence-corrected chi connectivity index (χ1v) is 9.19. The van der Waals surface area contributed by atoms with Gasteiger partial charge in [0.15, 0.2) is 0 Å². The predicted molar refractivity (Wildman–Crippen MR) is 107 cm³/mol. The maximum atomic E-state index is 4.44. The summed E-state index contributed by atoms with van der Waals surface area (Å²) in [5.41, 5.74) is 2.27. The second kappa shape index (κ2) is 5.09. The van der Waals surface area contributed by atoms with Gasteiger partial charge in [0.05, 0.1) is 11.0 Å². The highest BCUT2D eigenvalue weighted by Crippen LogP contribution is 2.42. The van der Waals surface area contributed by atoms with Crippen LogP contribution in [-0.2, 0) is 0 Å². The molecule has 0 aliphatic carbocycles. The summed E-state index contributed by atoms with van der Waals surface area (Å²) in [6, 6.07) is 21.4. The molecule has 4 nitrogen and oxygen atoms in total. The van der Waals surface area contributed by atoms with E-state index >= 15 is 0 Å². The molecule has 0 aliphatic heterocycles. The molecular formula is C21H12N4S. The van der Waals surface area contributed by atoms with Gasteiger partial charge in [0.1, 0.15) is 12.7 Å². The summed E-state index contributed by atoms with van der Waals surface area (Å²) in [6.45, 7) is 0. The predicted octanol–water partition coefficient (Wildman–Crippen LogP) is 5.34. The van der Waals surface area contributed by atoms with Crippen LogP contribution in [0.5, 0.6) is 0 Å². The molecule has 0 amide bonds. The molecule has 3 aromatic heterocycles. The van der Waals surface area contributed by atoms with Gasteiger partial charge in [-0.1, -0.05) is 42.5 Å². The Hall–Kier alpha value is -3.31. The van der Waals surface area contributed by atoms with Gasteiger partial charge in [0, 0.05) is 30.9 Å². The van der Waals surface area contributed by atoms with E-state index in [1.54, 1.807) is 12.7 Å². The van der Waals surface area contributed by atoms with Crippen LogP contribution in [-0.4, -0.2) is 19.5 Å². The Labute approximate surface area is 152 Å². The third-order valence-electron chi connectivity index (χ3n) is 4.85. The number of para-hydroxylation sites is 1. The molecular weight excluding hydrogens is 340 g/mol. The minimum atomic E-state index is 0.647. The highest BCUT2D eigenvalue weighted by molar-refractivity contribution is 7.26. The molecule has 0 aliphatic rings. The Balaban J connectivity index is 1.96. The number of aromatic nitrogens is 4. The molecule has 0 fully saturated rings. The third kappa shape index (κ3) is 1.75. The van der Waals surface area contributed by atoms with E-state index in [1.165, 1.54) is 30.9 Å². The minimum Gasteiger partial charge on any atom is -0.277 e. The van der Waals surface area contributed by atoms with Crippen LogP contribution in [0, 0.1) is 0 Å². The number of fused-ring (bicyclic) bond motifs is 7. The minimum absolute atomic E-state index is 0.647. The van der Waals surface area contributed by atoms with Crippen molar-refractivity contribution in [3.05, 3.63) is 73.3 Å². The summed E-state index contributed by atoms with van der Waals surface area (Å²) in [6.07, 6.45) is 3.10. The molecule has 0 bridgehead atoms. The van der Waals surface area contributed by atoms with Crippen molar-refractivity contribution < 1.29 is 0 Å². The average Bonchev–Trinajstić information content (AvgIpc) is 3.24. The van der Waals surface area contributed by atoms with Crippen molar-refractivity contribution in [3.8, 4) is 5.95 Å². The van der Waals surface area contributed by atoms with E-state index in [-0.39, 0.29) is 0 Å². The lowest BCUT2D eigenvalue weighted by atomic mass is 10.1. The van der Waals surface area contributed by atoms with Gasteiger partial charge in [0.25, 0.3) is 0 Å². The van der Waals surface area contributed by atoms with Crippen LogP contribution in [0.1, 0.15) is 0 Å². The van der Waals surface area contributed by atoms with Crippen LogP contribution in [0.15, 0.2) is 73.3 Å². The van der Waals surface area contributed by atoms with Crippen molar-refractivity contribution in [2.45, 2.75) is 0 Å². The van der Waals surface area contributed by atoms with E-state index in [0.717, 1.165) is 11.0 Å². The average molecular weight is 352 g/mol. The van der Waals surface area contributed by atoms with Gasteiger partial charge in [-0.2, -0.15) is 0 Å². The fraction of sp³-hybridized carbons (Fsp3) is 0. The quantitative estimate of drug-likeness (QED) is 0.401. The van der Waals surface area contributed by atoms with E-state index in [1.807, 2.05) is 11.3 Å². The molecule has 3 heterocycles. The van der Waals surface area contributed by atoms with Gasteiger partial charge in [-0.15, -0.1) is 11.3 Å². The first kappa shape index (κ1) is 13.9. The van der Waals surface area contributed by atoms with Gasteiger partial charge >= 0.3 is 0 Å². The highest BCUT2D eigenvalue weighted by Gasteiger charge is 2.18. The Kier molecular flexibility index (Phi) is 2.73. The molecule has 0 saturated heterocycles. The Morgan fingerprint density at radius 1 is 0.692 bits per heavy atom. The molecule has 0 unspecified atom stereocenters. The summed E-state index contributed by atoms with van der Waals surface area (Å²) in [5, 5.41) is 4.97. The molecule has 0 spiro atoms. The van der Waals surface area contributed by atoms with Crippen molar-refractivity contribution in [1.29, 1.82) is 0 Å². The summed E-state index contributed by atoms with van der Waals surface area (Å²) in [5.74, 6) is 0.647. The molecule has 5 heteroatoms. The molecule has 0 N–H and O–H groups in total. The lowest BCUT2D eigenvalue weighted by Crippen LogP contribution is -2.00. The normalized spacial score (nSPS) is 11.8. The molecule has 3 aromatic carbocycles. The zero-order valence-corrected chi connectivity index (χ0v) is 14.4. The maximum absolute atomic E-state index is 4.44. The second-order valence-corrected chi connectivity index (χ2v) is 7.31. The fourth-order valence-electron chi connectivity index (χ4n) is 3.82. The van der Waals surface area contributed by atoms with Crippen LogP contribution in [0.3, 0.4) is 0 Å². The Morgan fingerprint density at radius 3 is 2.35 bits per heavy atom. The van der Waals surface area contributed by atoms with Crippen molar-refractivity contribution in [2.75, 3.05) is 0 Å². The Bertz CT molecular complexity index is 1430. The van der Waals surface area contributed by atoms with Crippen molar-refractivity contribution in [2.24, 2.45) is 0 Å². The van der Waals surface area contributed by atoms with Crippen molar-refractivity contribution in [3.63, 3.8) is 0 Å². The lowest BCUT2D eigenvalue weighted by molar-refractivity contribution is 0.941. The summed E-state index contributed by atoms with van der Waals surface area (Å²) < 4.78 is 4.73. The maximum Gasteiger partial charge on any atom is 0.237 e. The Morgan fingerprint density at radius 2 is 1.46 bits per heavy atom. The van der Waals surface area contributed by atoms with Crippen LogP contribution >= 0.6 is 11.3 Å². The topological polar surface area (TPSA) is 43.6 Å². The van der Waals surface area contributed by atoms with Crippen LogP contribution in [0.25, 0.3) is 47.9 Å². The van der Waals surface area contributed by atoms with Gasteiger partial charge < -0.3 is 0 Å². The summed E-state index contributed by atoms with van der Waals surface area (Å²) >= 11 is 1.82. The smallest absolute Gasteiger partial charge is 0.237 e. The molecule has 122 valence electrons. The SMILES string of the molecule is c1ccc2c(c1)sc1ccc3c4ccccc4n(-c4ncncn4)c3c12. The van der Waals surface area contributed by atoms with Crippen molar-refractivity contribution >= 4 is 53.3 Å². The van der Waals surface area contributed by atoms with Gasteiger partial charge in [-0.3, -0.25) is 4.57 Å². The van der Waals surface area contributed by atoms with Crippen LogP contribution < -0.4 is 0 Å². The van der Waals surface area contributed by atoms with Gasteiger partial charge in [-0.05, 0) is 18.2 Å². The number of thiophene rings is 1. The van der Waals surface area contributed by atoms with Crippen LogP contribution in [0.2, 0.25) is 0 Å². The molecule has 0 saturated carbocycles. The van der Waals surface area contributed by atoms with E-state index in [9.17, 15) is 0 Å². The molecule has 0 atom stereocenters. The van der Waals surface area contributed by atoms with E-state index in [2.05, 4.69) is 80.2 Å². The van der Waals surface area contributed by atoms with Gasteiger partial charge in [0.2, 0.25) is 5.95 Å². The highest BCUT2D eigenvalue weighted by atomic mass is 32.1. The molecule has 6 aromatic rings. The van der Waals surface area contributed by atoms with Crippen molar-refractivity contribution in [1.82, 2.24) is 19.5 Å². The number of hydrogen-bond donors (Lipinski definition) is 0. The van der Waals surface area contributed by atoms with E-state index in [4.69, 9.17) is 0 Å². The largest absolute Gasteiger partial charge is 0.277 e. The monoisotopic (exact) mass is 352 g/mol. The first-order chi connectivity index (χ1) is 12.9. The molecule has 6 rings (SSSR count). The molecule has 26 heavy (non-hydrogen) atoms. The first-order valence-electron chi connectivity index (χ1n) is 8.37. The lowest BCUT2D eigenvalue weighted by Gasteiger charge is -2.06. The standard InChI is InChI=1S/C21H12N4S/c1-3-7-16-13(5-1)14-9-10-18-19(15-6-2-4-8-17(15)26-18)20(14)25(16)21-23-11-22-12-24-21/h1-12H. The number of nitrogens with zero attached hydrogens (tertiary/aromatic N) is 4. The number of hydrogen-bond acceptors (Lipinski definition) is 4. The summed E-state index contributed by atoms with van der Waals surface area (Å²) in [4.78, 5) is 12.9. The second-order valence-electron chi connectivity index (χ2n) is 6.22. The summed E-state index contributed by atoms with van der Waals surface area (Å²) in [7, 11) is 0. The van der Waals surface area contributed by atoms with E-state index < -0.39 is 0 Å². The van der Waals surface area contributed by atoms with Crippen LogP contribution in [0.4, 0.5) is 0 Å².